The molecule has 1 saturated heterocycles. The van der Waals surface area contributed by atoms with Gasteiger partial charge in [-0.1, -0.05) is 0 Å². The largest absolute Gasteiger partial charge is 0.480 e. The lowest BCUT2D eigenvalue weighted by atomic mass is 9.87. The van der Waals surface area contributed by atoms with Gasteiger partial charge in [-0.25, -0.2) is 4.79 Å². The van der Waals surface area contributed by atoms with Crippen molar-refractivity contribution >= 4 is 11.9 Å². The summed E-state index contributed by atoms with van der Waals surface area (Å²) in [7, 11) is 0. The Morgan fingerprint density at radius 3 is 2.79 bits per heavy atom. The summed E-state index contributed by atoms with van der Waals surface area (Å²) >= 11 is 0. The van der Waals surface area contributed by atoms with E-state index in [9.17, 15) is 14.7 Å². The van der Waals surface area contributed by atoms with Gasteiger partial charge < -0.3 is 10.0 Å². The number of rotatable bonds is 2. The fourth-order valence-electron chi connectivity index (χ4n) is 2.52. The Kier molecular flexibility index (Phi) is 3.55. The molecule has 1 fully saturated rings. The van der Waals surface area contributed by atoms with Gasteiger partial charge in [-0.2, -0.15) is 0 Å². The zero-order chi connectivity index (χ0) is 14.0. The van der Waals surface area contributed by atoms with Gasteiger partial charge in [0.2, 0.25) is 0 Å². The normalized spacial score (nSPS) is 23.2. The van der Waals surface area contributed by atoms with E-state index >= 15 is 0 Å². The van der Waals surface area contributed by atoms with Crippen molar-refractivity contribution in [3.8, 4) is 0 Å². The number of aromatic nitrogens is 1. The first kappa shape index (κ1) is 13.5. The smallest absolute Gasteiger partial charge is 0.329 e. The van der Waals surface area contributed by atoms with Crippen LogP contribution in [0.5, 0.6) is 0 Å². The standard InChI is InChI=1S/C14H18N2O3/c1-10-11(6-5-8-15-10)12(17)16-9-4-3-7-14(16,2)13(18)19/h5-6,8H,3-4,7,9H2,1-2H3,(H,18,19). The van der Waals surface area contributed by atoms with Gasteiger partial charge in [0.15, 0.2) is 0 Å². The molecule has 0 radical (unpaired) electrons. The minimum Gasteiger partial charge on any atom is -0.480 e. The number of hydrogen-bond donors (Lipinski definition) is 1. The second-order valence-corrected chi connectivity index (χ2v) is 5.13. The lowest BCUT2D eigenvalue weighted by molar-refractivity contribution is -0.150. The van der Waals surface area contributed by atoms with Crippen LogP contribution in [0.25, 0.3) is 0 Å². The van der Waals surface area contributed by atoms with E-state index in [0.29, 0.717) is 24.2 Å². The van der Waals surface area contributed by atoms with Crippen LogP contribution in [0, 0.1) is 6.92 Å². The predicted octanol–water partition coefficient (Wildman–Crippen LogP) is 1.86. The molecule has 1 unspecified atom stereocenters. The van der Waals surface area contributed by atoms with Crippen LogP contribution >= 0.6 is 0 Å². The number of amides is 1. The summed E-state index contributed by atoms with van der Waals surface area (Å²) < 4.78 is 0. The van der Waals surface area contributed by atoms with Crippen LogP contribution in [-0.2, 0) is 4.79 Å². The number of aliphatic carboxylic acids is 1. The van der Waals surface area contributed by atoms with Crippen molar-refractivity contribution in [2.75, 3.05) is 6.54 Å². The molecule has 1 aliphatic heterocycles. The zero-order valence-electron chi connectivity index (χ0n) is 11.2. The van der Waals surface area contributed by atoms with Gasteiger partial charge in [0.05, 0.1) is 5.56 Å². The zero-order valence-corrected chi connectivity index (χ0v) is 11.2. The van der Waals surface area contributed by atoms with Crippen LogP contribution < -0.4 is 0 Å². The first-order chi connectivity index (χ1) is 8.97. The van der Waals surface area contributed by atoms with Gasteiger partial charge in [0, 0.05) is 18.4 Å². The first-order valence-corrected chi connectivity index (χ1v) is 6.44. The van der Waals surface area contributed by atoms with Crippen LogP contribution in [0.3, 0.4) is 0 Å². The SMILES string of the molecule is Cc1ncccc1C(=O)N1CCCCC1(C)C(=O)O. The third-order valence-electron chi connectivity index (χ3n) is 3.83. The lowest BCUT2D eigenvalue weighted by Gasteiger charge is -2.41. The van der Waals surface area contributed by atoms with E-state index in [0.717, 1.165) is 12.8 Å². The van der Waals surface area contributed by atoms with Gasteiger partial charge in [0.1, 0.15) is 5.54 Å². The van der Waals surface area contributed by atoms with Crippen molar-refractivity contribution in [2.24, 2.45) is 0 Å². The van der Waals surface area contributed by atoms with E-state index in [1.165, 1.54) is 4.90 Å². The maximum atomic E-state index is 12.6. The molecule has 2 heterocycles. The minimum absolute atomic E-state index is 0.241. The summed E-state index contributed by atoms with van der Waals surface area (Å²) in [6.07, 6.45) is 3.79. The Labute approximate surface area is 112 Å². The molecule has 1 aromatic rings. The minimum atomic E-state index is -1.11. The molecule has 0 saturated carbocycles. The van der Waals surface area contributed by atoms with Crippen molar-refractivity contribution in [2.45, 2.75) is 38.6 Å². The maximum Gasteiger partial charge on any atom is 0.329 e. The Bertz CT molecular complexity index is 515. The molecule has 0 bridgehead atoms. The van der Waals surface area contributed by atoms with E-state index < -0.39 is 11.5 Å². The van der Waals surface area contributed by atoms with Crippen LogP contribution in [0.4, 0.5) is 0 Å². The number of carbonyl (C=O) groups excluding carboxylic acids is 1. The highest BCUT2D eigenvalue weighted by atomic mass is 16.4. The Morgan fingerprint density at radius 2 is 2.16 bits per heavy atom. The molecule has 1 N–H and O–H groups in total. The molecule has 19 heavy (non-hydrogen) atoms. The molecule has 1 atom stereocenters. The maximum absolute atomic E-state index is 12.6. The van der Waals surface area contributed by atoms with Crippen molar-refractivity contribution in [1.82, 2.24) is 9.88 Å². The van der Waals surface area contributed by atoms with Crippen LogP contribution in [0.2, 0.25) is 0 Å². The molecule has 0 aromatic carbocycles. The van der Waals surface area contributed by atoms with Gasteiger partial charge in [-0.15, -0.1) is 0 Å². The summed E-state index contributed by atoms with van der Waals surface area (Å²) in [6.45, 7) is 3.86. The fraction of sp³-hybridized carbons (Fsp3) is 0.500. The van der Waals surface area contributed by atoms with Crippen LogP contribution in [-0.4, -0.2) is 39.0 Å². The molecule has 0 aliphatic carbocycles. The summed E-state index contributed by atoms with van der Waals surface area (Å²) in [5.41, 5.74) is 0.000122. The number of aryl methyl sites for hydroxylation is 1. The summed E-state index contributed by atoms with van der Waals surface area (Å²) in [5, 5.41) is 9.42. The number of carbonyl (C=O) groups is 2. The second kappa shape index (κ2) is 4.99. The van der Waals surface area contributed by atoms with Crippen LogP contribution in [0.1, 0.15) is 42.2 Å². The van der Waals surface area contributed by atoms with E-state index in [2.05, 4.69) is 4.98 Å². The summed E-state index contributed by atoms with van der Waals surface area (Å²) in [6, 6.07) is 3.39. The second-order valence-electron chi connectivity index (χ2n) is 5.13. The highest BCUT2D eigenvalue weighted by Crippen LogP contribution is 2.30. The summed E-state index contributed by atoms with van der Waals surface area (Å²) in [5.74, 6) is -1.18. The van der Waals surface area contributed by atoms with Crippen molar-refractivity contribution in [1.29, 1.82) is 0 Å². The van der Waals surface area contributed by atoms with Gasteiger partial charge in [-0.05, 0) is 45.2 Å². The third-order valence-corrected chi connectivity index (χ3v) is 3.83. The van der Waals surface area contributed by atoms with Gasteiger partial charge in [0.25, 0.3) is 5.91 Å². The quantitative estimate of drug-likeness (QED) is 0.883. The molecule has 2 rings (SSSR count). The van der Waals surface area contributed by atoms with Crippen LogP contribution in [0.15, 0.2) is 18.3 Å². The molecule has 0 spiro atoms. The number of carboxylic acids is 1. The number of hydrogen-bond acceptors (Lipinski definition) is 3. The molecule has 5 nitrogen and oxygen atoms in total. The number of nitrogens with zero attached hydrogens (tertiary/aromatic N) is 2. The van der Waals surface area contributed by atoms with Crippen molar-refractivity contribution in [3.05, 3.63) is 29.6 Å². The highest BCUT2D eigenvalue weighted by molar-refractivity contribution is 5.98. The molecular weight excluding hydrogens is 244 g/mol. The average Bonchev–Trinajstić information content (AvgIpc) is 2.39. The predicted molar refractivity (Wildman–Crippen MR) is 69.9 cm³/mol. The van der Waals surface area contributed by atoms with E-state index in [-0.39, 0.29) is 5.91 Å². The molecule has 5 heteroatoms. The molecule has 1 amide bonds. The third kappa shape index (κ3) is 2.32. The first-order valence-electron chi connectivity index (χ1n) is 6.44. The van der Waals surface area contributed by atoms with E-state index in [4.69, 9.17) is 0 Å². The Balaban J connectivity index is 2.36. The molecule has 1 aliphatic rings. The fourth-order valence-corrected chi connectivity index (χ4v) is 2.52. The Hall–Kier alpha value is -1.91. The van der Waals surface area contributed by atoms with Gasteiger partial charge in [-0.3, -0.25) is 9.78 Å². The van der Waals surface area contributed by atoms with E-state index in [1.807, 2.05) is 0 Å². The number of carboxylic acid groups (broad SMARTS) is 1. The Morgan fingerprint density at radius 1 is 1.42 bits per heavy atom. The molecule has 102 valence electrons. The monoisotopic (exact) mass is 262 g/mol. The highest BCUT2D eigenvalue weighted by Gasteiger charge is 2.44. The van der Waals surface area contributed by atoms with Crippen molar-refractivity contribution < 1.29 is 14.7 Å². The number of piperidine rings is 1. The summed E-state index contributed by atoms with van der Waals surface area (Å²) in [4.78, 5) is 29.6. The van der Waals surface area contributed by atoms with Crippen molar-refractivity contribution in [3.63, 3.8) is 0 Å². The topological polar surface area (TPSA) is 70.5 Å². The van der Waals surface area contributed by atoms with E-state index in [1.54, 1.807) is 32.2 Å². The molecular formula is C14H18N2O3. The molecule has 1 aromatic heterocycles. The number of likely N-dealkylation sites (tertiary alicyclic amines) is 1. The average molecular weight is 262 g/mol. The van der Waals surface area contributed by atoms with Gasteiger partial charge >= 0.3 is 5.97 Å². The number of pyridine rings is 1. The lowest BCUT2D eigenvalue weighted by Crippen LogP contribution is -2.57.